The van der Waals surface area contributed by atoms with Crippen LogP contribution in [-0.4, -0.2) is 57.3 Å². The molecule has 0 spiro atoms. The van der Waals surface area contributed by atoms with E-state index in [0.717, 1.165) is 25.8 Å². The van der Waals surface area contributed by atoms with Crippen molar-refractivity contribution >= 4 is 33.4 Å². The summed E-state index contributed by atoms with van der Waals surface area (Å²) in [6.45, 7) is 3.62. The van der Waals surface area contributed by atoms with E-state index in [9.17, 15) is 18.0 Å². The van der Waals surface area contributed by atoms with Crippen molar-refractivity contribution in [2.24, 2.45) is 10.3 Å². The Morgan fingerprint density at radius 1 is 1.17 bits per heavy atom. The summed E-state index contributed by atoms with van der Waals surface area (Å²) in [6.07, 6.45) is 4.98. The summed E-state index contributed by atoms with van der Waals surface area (Å²) >= 11 is 0. The van der Waals surface area contributed by atoms with Crippen molar-refractivity contribution in [2.75, 3.05) is 31.1 Å². The SMILES string of the molecule is CCOC(=O)[C@@H]1CCCN(C(=O)c2ccc3c(c2)S(=O)(=O)N=C2CCCCCN23)C1. The summed E-state index contributed by atoms with van der Waals surface area (Å²) in [7, 11) is -3.85. The lowest BCUT2D eigenvalue weighted by Crippen LogP contribution is -2.43. The number of likely N-dealkylation sites (tertiary alicyclic amines) is 1. The Labute approximate surface area is 177 Å². The molecule has 1 amide bonds. The van der Waals surface area contributed by atoms with E-state index < -0.39 is 10.0 Å². The zero-order valence-electron chi connectivity index (χ0n) is 17.2. The van der Waals surface area contributed by atoms with Gasteiger partial charge >= 0.3 is 5.97 Å². The minimum atomic E-state index is -3.85. The highest BCUT2D eigenvalue weighted by Crippen LogP contribution is 2.35. The third kappa shape index (κ3) is 3.95. The molecule has 0 unspecified atom stereocenters. The topological polar surface area (TPSA) is 96.3 Å². The highest BCUT2D eigenvalue weighted by atomic mass is 32.2. The lowest BCUT2D eigenvalue weighted by molar-refractivity contribution is -0.149. The third-order valence-corrected chi connectivity index (χ3v) is 7.26. The maximum Gasteiger partial charge on any atom is 0.310 e. The van der Waals surface area contributed by atoms with Crippen LogP contribution in [0.3, 0.4) is 0 Å². The van der Waals surface area contributed by atoms with Crippen LogP contribution in [-0.2, 0) is 19.6 Å². The molecule has 0 saturated carbocycles. The van der Waals surface area contributed by atoms with Gasteiger partial charge in [0.05, 0.1) is 18.2 Å². The van der Waals surface area contributed by atoms with Gasteiger partial charge in [-0.1, -0.05) is 6.42 Å². The monoisotopic (exact) mass is 433 g/mol. The van der Waals surface area contributed by atoms with Crippen LogP contribution < -0.4 is 4.90 Å². The molecule has 9 heteroatoms. The molecule has 0 aromatic heterocycles. The Morgan fingerprint density at radius 3 is 2.80 bits per heavy atom. The largest absolute Gasteiger partial charge is 0.466 e. The molecule has 0 radical (unpaired) electrons. The minimum Gasteiger partial charge on any atom is -0.466 e. The molecule has 1 aromatic carbocycles. The average Bonchev–Trinajstić information content (AvgIpc) is 2.98. The molecule has 1 atom stereocenters. The molecule has 1 aromatic rings. The molecule has 8 nitrogen and oxygen atoms in total. The number of esters is 1. The van der Waals surface area contributed by atoms with Crippen LogP contribution in [0.5, 0.6) is 0 Å². The average molecular weight is 434 g/mol. The van der Waals surface area contributed by atoms with E-state index in [4.69, 9.17) is 4.74 Å². The number of nitrogens with zero attached hydrogens (tertiary/aromatic N) is 3. The first-order chi connectivity index (χ1) is 14.4. The number of piperidine rings is 1. The summed E-state index contributed by atoms with van der Waals surface area (Å²) in [5.41, 5.74) is 0.900. The van der Waals surface area contributed by atoms with Gasteiger partial charge in [0.1, 0.15) is 10.7 Å². The molecule has 3 heterocycles. The predicted octanol–water partition coefficient (Wildman–Crippen LogP) is 2.58. The van der Waals surface area contributed by atoms with Crippen LogP contribution in [0.25, 0.3) is 0 Å². The number of hydrogen-bond donors (Lipinski definition) is 0. The first-order valence-electron chi connectivity index (χ1n) is 10.6. The van der Waals surface area contributed by atoms with Gasteiger partial charge in [0.15, 0.2) is 0 Å². The number of amidine groups is 1. The molecular weight excluding hydrogens is 406 g/mol. The quantitative estimate of drug-likeness (QED) is 0.680. The molecule has 3 aliphatic heterocycles. The standard InChI is InChI=1S/C21H27N3O5S/c1-2-29-21(26)16-7-6-11-23(14-16)20(25)15-9-10-17-18(13-15)30(27,28)22-19-8-4-3-5-12-24(17)19/h9-10,13,16H,2-8,11-12,14H2,1H3/t16-/m1/s1. The molecule has 2 saturated heterocycles. The summed E-state index contributed by atoms with van der Waals surface area (Å²) in [5.74, 6) is -0.306. The van der Waals surface area contributed by atoms with Crippen molar-refractivity contribution in [1.82, 2.24) is 4.90 Å². The number of carbonyl (C=O) groups excluding carboxylic acids is 2. The van der Waals surface area contributed by atoms with Crippen molar-refractivity contribution in [3.05, 3.63) is 23.8 Å². The number of amides is 1. The van der Waals surface area contributed by atoms with Crippen LogP contribution in [0.1, 0.15) is 55.8 Å². The second-order valence-electron chi connectivity index (χ2n) is 7.97. The van der Waals surface area contributed by atoms with Crippen molar-refractivity contribution < 1.29 is 22.7 Å². The maximum atomic E-state index is 13.1. The van der Waals surface area contributed by atoms with Gasteiger partial charge in [0.2, 0.25) is 0 Å². The van der Waals surface area contributed by atoms with Gasteiger partial charge in [-0.15, -0.1) is 4.40 Å². The maximum absolute atomic E-state index is 13.1. The summed E-state index contributed by atoms with van der Waals surface area (Å²) in [4.78, 5) is 28.8. The first-order valence-corrected chi connectivity index (χ1v) is 12.1. The zero-order chi connectivity index (χ0) is 21.3. The predicted molar refractivity (Wildman–Crippen MR) is 112 cm³/mol. The number of rotatable bonds is 3. The van der Waals surface area contributed by atoms with Gasteiger partial charge in [-0.05, 0) is 50.8 Å². The van der Waals surface area contributed by atoms with Crippen LogP contribution in [0.2, 0.25) is 0 Å². The van der Waals surface area contributed by atoms with Gasteiger partial charge in [-0.25, -0.2) is 0 Å². The van der Waals surface area contributed by atoms with Crippen LogP contribution >= 0.6 is 0 Å². The lowest BCUT2D eigenvalue weighted by atomic mass is 9.97. The van der Waals surface area contributed by atoms with E-state index in [1.807, 2.05) is 4.90 Å². The molecular formula is C21H27N3O5S. The van der Waals surface area contributed by atoms with E-state index in [-0.39, 0.29) is 29.2 Å². The van der Waals surface area contributed by atoms with E-state index >= 15 is 0 Å². The van der Waals surface area contributed by atoms with Gasteiger partial charge < -0.3 is 14.5 Å². The van der Waals surface area contributed by atoms with E-state index in [1.165, 1.54) is 6.07 Å². The lowest BCUT2D eigenvalue weighted by Gasteiger charge is -2.32. The summed E-state index contributed by atoms with van der Waals surface area (Å²) in [5, 5.41) is 0. The summed E-state index contributed by atoms with van der Waals surface area (Å²) in [6, 6.07) is 4.83. The molecule has 0 bridgehead atoms. The Hall–Kier alpha value is -2.42. The highest BCUT2D eigenvalue weighted by molar-refractivity contribution is 7.90. The fourth-order valence-electron chi connectivity index (χ4n) is 4.41. The van der Waals surface area contributed by atoms with Crippen LogP contribution in [0.15, 0.2) is 27.5 Å². The normalized spacial score (nSPS) is 23.0. The second-order valence-corrected chi connectivity index (χ2v) is 9.54. The Kier molecular flexibility index (Phi) is 5.81. The number of carbonyl (C=O) groups is 2. The van der Waals surface area contributed by atoms with Crippen molar-refractivity contribution in [2.45, 2.75) is 50.3 Å². The first kappa shape index (κ1) is 20.8. The fraction of sp³-hybridized carbons (Fsp3) is 0.571. The molecule has 4 rings (SSSR count). The van der Waals surface area contributed by atoms with Gasteiger partial charge in [0.25, 0.3) is 15.9 Å². The molecule has 162 valence electrons. The third-order valence-electron chi connectivity index (χ3n) is 5.92. The van der Waals surface area contributed by atoms with E-state index in [1.54, 1.807) is 24.0 Å². The second kappa shape index (κ2) is 8.37. The van der Waals surface area contributed by atoms with Gasteiger partial charge in [0, 0.05) is 31.6 Å². The van der Waals surface area contributed by atoms with E-state index in [2.05, 4.69) is 4.40 Å². The Bertz CT molecular complexity index is 988. The fourth-order valence-corrected chi connectivity index (χ4v) is 5.69. The molecule has 30 heavy (non-hydrogen) atoms. The van der Waals surface area contributed by atoms with Crippen molar-refractivity contribution in [3.63, 3.8) is 0 Å². The number of fused-ring (bicyclic) bond motifs is 3. The highest BCUT2D eigenvalue weighted by Gasteiger charge is 2.34. The van der Waals surface area contributed by atoms with Crippen molar-refractivity contribution in [3.8, 4) is 0 Å². The minimum absolute atomic E-state index is 0.0814. The number of ether oxygens (including phenoxy) is 1. The van der Waals surface area contributed by atoms with Crippen LogP contribution in [0, 0.1) is 5.92 Å². The molecule has 0 N–H and O–H groups in total. The number of sulfonamides is 1. The van der Waals surface area contributed by atoms with E-state index in [0.29, 0.717) is 49.5 Å². The Morgan fingerprint density at radius 2 is 2.00 bits per heavy atom. The summed E-state index contributed by atoms with van der Waals surface area (Å²) < 4.78 is 34.7. The number of benzene rings is 1. The van der Waals surface area contributed by atoms with Gasteiger partial charge in [-0.2, -0.15) is 8.42 Å². The zero-order valence-corrected chi connectivity index (χ0v) is 18.0. The molecule has 3 aliphatic rings. The number of anilines is 1. The Balaban J connectivity index is 1.60. The molecule has 2 fully saturated rings. The smallest absolute Gasteiger partial charge is 0.310 e. The van der Waals surface area contributed by atoms with Crippen molar-refractivity contribution in [1.29, 1.82) is 0 Å². The number of hydrogen-bond acceptors (Lipinski definition) is 6. The molecule has 0 aliphatic carbocycles. The van der Waals surface area contributed by atoms with Gasteiger partial charge in [-0.3, -0.25) is 9.59 Å². The van der Waals surface area contributed by atoms with Crippen LogP contribution in [0.4, 0.5) is 5.69 Å².